The maximum Gasteiger partial charge on any atom is 0.472 e. The lowest BCUT2D eigenvalue weighted by molar-refractivity contribution is -0.870. The molecule has 0 aliphatic rings. The van der Waals surface area contributed by atoms with Crippen molar-refractivity contribution in [2.24, 2.45) is 0 Å². The molecule has 1 N–H and O–H groups in total. The molecule has 2 unspecified atom stereocenters. The van der Waals surface area contributed by atoms with Crippen molar-refractivity contribution in [2.45, 2.75) is 103 Å². The molecule has 0 rings (SSSR count). The monoisotopic (exact) mass is 536 g/mol. The third-order valence-corrected chi connectivity index (χ3v) is 6.61. The Bertz CT molecular complexity index is 607. The molecule has 36 heavy (non-hydrogen) atoms. The molecule has 0 radical (unpaired) electrons. The first-order valence-corrected chi connectivity index (χ1v) is 15.4. The number of ether oxygens (including phenoxy) is 2. The summed E-state index contributed by atoms with van der Waals surface area (Å²) < 4.78 is 33.4. The van der Waals surface area contributed by atoms with Gasteiger partial charge in [-0.3, -0.25) is 13.8 Å². The van der Waals surface area contributed by atoms with E-state index >= 15 is 0 Å². The number of hydrogen-bond donors (Lipinski definition) is 1. The van der Waals surface area contributed by atoms with Crippen LogP contribution in [0.15, 0.2) is 12.2 Å². The average Bonchev–Trinajstić information content (AvgIpc) is 2.78. The lowest BCUT2D eigenvalue weighted by atomic mass is 10.1. The SMILES string of the molecule is CCCCCCC/C=C\CCCCCCCCOCC(COP(=O)(O)OCC[N+](C)(C)C)OC(C)=O. The highest BCUT2D eigenvalue weighted by Crippen LogP contribution is 2.43. The zero-order valence-electron chi connectivity index (χ0n) is 23.8. The molecule has 0 aromatic heterocycles. The van der Waals surface area contributed by atoms with E-state index in [1.54, 1.807) is 0 Å². The molecule has 8 nitrogen and oxygen atoms in total. The first kappa shape index (κ1) is 35.2. The minimum absolute atomic E-state index is 0.0852. The maximum absolute atomic E-state index is 12.0. The molecule has 214 valence electrons. The molecule has 0 amide bonds. The van der Waals surface area contributed by atoms with Gasteiger partial charge < -0.3 is 18.9 Å². The molecule has 2 atom stereocenters. The van der Waals surface area contributed by atoms with Crippen molar-refractivity contribution in [3.05, 3.63) is 12.2 Å². The second-order valence-electron chi connectivity index (χ2n) is 10.5. The highest BCUT2D eigenvalue weighted by Gasteiger charge is 2.25. The molecule has 0 spiro atoms. The van der Waals surface area contributed by atoms with Crippen LogP contribution < -0.4 is 0 Å². The zero-order chi connectivity index (χ0) is 27.1. The number of allylic oxidation sites excluding steroid dienone is 2. The van der Waals surface area contributed by atoms with Gasteiger partial charge in [0.1, 0.15) is 19.3 Å². The fourth-order valence-corrected chi connectivity index (χ4v) is 4.23. The van der Waals surface area contributed by atoms with Crippen molar-refractivity contribution in [3.63, 3.8) is 0 Å². The fraction of sp³-hybridized carbons (Fsp3) is 0.889. The van der Waals surface area contributed by atoms with Gasteiger partial charge in [-0.25, -0.2) is 4.57 Å². The first-order chi connectivity index (χ1) is 17.1. The molecular formula is C27H55NO7P+. The summed E-state index contributed by atoms with van der Waals surface area (Å²) in [5.74, 6) is -0.493. The molecule has 0 aliphatic heterocycles. The summed E-state index contributed by atoms with van der Waals surface area (Å²) in [7, 11) is 1.65. The predicted octanol–water partition coefficient (Wildman–Crippen LogP) is 6.42. The number of carbonyl (C=O) groups excluding carboxylic acids is 1. The molecule has 0 aromatic carbocycles. The number of phosphoric ester groups is 1. The van der Waals surface area contributed by atoms with E-state index in [2.05, 4.69) is 19.1 Å². The molecule has 0 fully saturated rings. The van der Waals surface area contributed by atoms with Gasteiger partial charge in [0.15, 0.2) is 0 Å². The topological polar surface area (TPSA) is 91.3 Å². The van der Waals surface area contributed by atoms with Crippen LogP contribution in [0, 0.1) is 0 Å². The van der Waals surface area contributed by atoms with Crippen LogP contribution in [0.5, 0.6) is 0 Å². The zero-order valence-corrected chi connectivity index (χ0v) is 24.6. The van der Waals surface area contributed by atoms with Gasteiger partial charge in [0.05, 0.1) is 34.4 Å². The first-order valence-electron chi connectivity index (χ1n) is 13.9. The van der Waals surface area contributed by atoms with E-state index in [1.807, 2.05) is 21.1 Å². The largest absolute Gasteiger partial charge is 0.472 e. The Hall–Kier alpha value is -0.760. The summed E-state index contributed by atoms with van der Waals surface area (Å²) in [4.78, 5) is 21.2. The molecule has 0 saturated carbocycles. The Balaban J connectivity index is 3.80. The maximum atomic E-state index is 12.0. The molecule has 0 aliphatic carbocycles. The summed E-state index contributed by atoms with van der Waals surface area (Å²) >= 11 is 0. The Kier molecular flexibility index (Phi) is 21.8. The van der Waals surface area contributed by atoms with Gasteiger partial charge in [-0.05, 0) is 32.1 Å². The van der Waals surface area contributed by atoms with E-state index in [-0.39, 0.29) is 19.8 Å². The Morgan fingerprint density at radius 3 is 1.94 bits per heavy atom. The van der Waals surface area contributed by atoms with Crippen LogP contribution in [0.1, 0.15) is 97.3 Å². The Morgan fingerprint density at radius 1 is 0.833 bits per heavy atom. The van der Waals surface area contributed by atoms with Crippen LogP contribution in [-0.2, 0) is 27.9 Å². The van der Waals surface area contributed by atoms with E-state index in [9.17, 15) is 14.3 Å². The second kappa shape index (κ2) is 22.2. The summed E-state index contributed by atoms with van der Waals surface area (Å²) in [6.45, 7) is 4.58. The third kappa shape index (κ3) is 26.3. The summed E-state index contributed by atoms with van der Waals surface area (Å²) in [5.41, 5.74) is 0. The van der Waals surface area contributed by atoms with Crippen LogP contribution in [0.3, 0.4) is 0 Å². The van der Waals surface area contributed by atoms with Gasteiger partial charge in [-0.1, -0.05) is 70.4 Å². The van der Waals surface area contributed by atoms with Crippen LogP contribution in [0.25, 0.3) is 0 Å². The second-order valence-corrected chi connectivity index (χ2v) is 12.0. The number of rotatable bonds is 25. The lowest BCUT2D eigenvalue weighted by Gasteiger charge is -2.24. The van der Waals surface area contributed by atoms with Crippen molar-refractivity contribution < 1.29 is 37.3 Å². The van der Waals surface area contributed by atoms with E-state index in [0.717, 1.165) is 12.8 Å². The molecule has 9 heteroatoms. The van der Waals surface area contributed by atoms with Crippen LogP contribution in [0.4, 0.5) is 0 Å². The number of hydrogen-bond acceptors (Lipinski definition) is 6. The quantitative estimate of drug-likeness (QED) is 0.0473. The Labute approximate surface area is 220 Å². The van der Waals surface area contributed by atoms with Crippen molar-refractivity contribution in [1.29, 1.82) is 0 Å². The van der Waals surface area contributed by atoms with E-state index in [4.69, 9.17) is 18.5 Å². The van der Waals surface area contributed by atoms with E-state index in [0.29, 0.717) is 17.6 Å². The van der Waals surface area contributed by atoms with E-state index < -0.39 is 19.9 Å². The molecule has 0 heterocycles. The molecule has 0 saturated heterocycles. The number of carbonyl (C=O) groups is 1. The van der Waals surface area contributed by atoms with Crippen molar-refractivity contribution in [1.82, 2.24) is 0 Å². The fourth-order valence-electron chi connectivity index (χ4n) is 3.49. The minimum atomic E-state index is -4.21. The number of phosphoric acid groups is 1. The van der Waals surface area contributed by atoms with Crippen molar-refractivity contribution >= 4 is 13.8 Å². The smallest absolute Gasteiger partial charge is 0.458 e. The van der Waals surface area contributed by atoms with Crippen LogP contribution in [0.2, 0.25) is 0 Å². The van der Waals surface area contributed by atoms with Crippen molar-refractivity contribution in [2.75, 3.05) is 54.1 Å². The van der Waals surface area contributed by atoms with Crippen molar-refractivity contribution in [3.8, 4) is 0 Å². The van der Waals surface area contributed by atoms with Gasteiger partial charge in [-0.15, -0.1) is 0 Å². The predicted molar refractivity (Wildman–Crippen MR) is 146 cm³/mol. The number of esters is 1. The number of quaternary nitrogens is 1. The molecular weight excluding hydrogens is 481 g/mol. The standard InChI is InChI=1S/C27H54NO7P/c1-6-7-8-9-10-11-12-13-14-15-16-17-18-19-20-22-32-24-27(35-26(2)29)25-34-36(30,31)33-23-21-28(3,4)5/h12-13,27H,6-11,14-25H2,1-5H3/p+1/b13-12-. The van der Waals surface area contributed by atoms with Gasteiger partial charge >= 0.3 is 13.8 Å². The normalized spacial score (nSPS) is 14.7. The summed E-state index contributed by atoms with van der Waals surface area (Å²) in [5, 5.41) is 0. The lowest BCUT2D eigenvalue weighted by Crippen LogP contribution is -2.37. The number of likely N-dealkylation sites (N-methyl/N-ethyl adjacent to an activating group) is 1. The molecule has 0 aromatic rings. The van der Waals surface area contributed by atoms with E-state index in [1.165, 1.54) is 77.6 Å². The molecule has 0 bridgehead atoms. The minimum Gasteiger partial charge on any atom is -0.458 e. The van der Waals surface area contributed by atoms with Crippen LogP contribution in [-0.4, -0.2) is 75.6 Å². The Morgan fingerprint density at radius 2 is 1.39 bits per heavy atom. The highest BCUT2D eigenvalue weighted by molar-refractivity contribution is 7.47. The van der Waals surface area contributed by atoms with Gasteiger partial charge in [0, 0.05) is 13.5 Å². The van der Waals surface area contributed by atoms with Gasteiger partial charge in [-0.2, -0.15) is 0 Å². The average molecular weight is 537 g/mol. The third-order valence-electron chi connectivity index (χ3n) is 5.63. The highest BCUT2D eigenvalue weighted by atomic mass is 31.2. The summed E-state index contributed by atoms with van der Waals surface area (Å²) in [6, 6.07) is 0. The van der Waals surface area contributed by atoms with Gasteiger partial charge in [0.2, 0.25) is 0 Å². The van der Waals surface area contributed by atoms with Crippen LogP contribution >= 0.6 is 7.82 Å². The van der Waals surface area contributed by atoms with Gasteiger partial charge in [0.25, 0.3) is 0 Å². The summed E-state index contributed by atoms with van der Waals surface area (Å²) in [6.07, 6.45) is 20.0. The number of nitrogens with zero attached hydrogens (tertiary/aromatic N) is 1. The number of unbranched alkanes of at least 4 members (excludes halogenated alkanes) is 11.